The Labute approximate surface area is 414 Å². The number of unbranched alkanes of at least 4 members (excludes halogenated alkanes) is 28. The molecule has 0 spiro atoms. The van der Waals surface area contributed by atoms with Crippen molar-refractivity contribution >= 4 is 17.9 Å². The van der Waals surface area contributed by atoms with Gasteiger partial charge >= 0.3 is 17.9 Å². The highest BCUT2D eigenvalue weighted by molar-refractivity contribution is 5.71. The average molecular weight is 936 g/mol. The van der Waals surface area contributed by atoms with Gasteiger partial charge in [-0.1, -0.05) is 229 Å². The summed E-state index contributed by atoms with van der Waals surface area (Å²) in [4.78, 5) is 38.1. The van der Waals surface area contributed by atoms with Gasteiger partial charge in [-0.2, -0.15) is 0 Å². The highest BCUT2D eigenvalue weighted by atomic mass is 16.6. The summed E-state index contributed by atoms with van der Waals surface area (Å²) in [7, 11) is 0. The highest BCUT2D eigenvalue weighted by Gasteiger charge is 2.19. The predicted molar refractivity (Wildman–Crippen MR) is 288 cm³/mol. The number of ether oxygens (including phenoxy) is 3. The molecule has 1 unspecified atom stereocenters. The Hall–Kier alpha value is -3.15. The molecule has 1 atom stereocenters. The molecule has 0 saturated heterocycles. The van der Waals surface area contributed by atoms with Gasteiger partial charge in [-0.05, 0) is 103 Å². The third-order valence-electron chi connectivity index (χ3n) is 12.1. The standard InChI is InChI=1S/C61H106O6/c1-4-7-10-13-16-19-22-24-26-28-30-31-32-34-35-37-39-42-45-48-51-54-60(63)66-57-58(56-65-59(62)53-50-47-44-41-21-18-15-12-9-6-3)67-61(64)55-52-49-46-43-40-38-36-33-29-27-25-23-20-17-14-11-8-5-2/h7,10,12,15-16,19,24,26-27,29-31,58H,4-6,8-9,11,13-14,17-18,20-23,25,28,32-57H2,1-3H3/b10-7-,15-12-,19-16-,26-24-,29-27-,31-30-. The number of allylic oxidation sites excluding steroid dienone is 12. The summed E-state index contributed by atoms with van der Waals surface area (Å²) < 4.78 is 16.8. The van der Waals surface area contributed by atoms with Crippen LogP contribution in [0.1, 0.15) is 278 Å². The number of hydrogen-bond donors (Lipinski definition) is 0. The normalized spacial score (nSPS) is 12.6. The molecular weight excluding hydrogens is 829 g/mol. The topological polar surface area (TPSA) is 78.9 Å². The van der Waals surface area contributed by atoms with Gasteiger partial charge in [0.1, 0.15) is 13.2 Å². The lowest BCUT2D eigenvalue weighted by Gasteiger charge is -2.18. The fourth-order valence-corrected chi connectivity index (χ4v) is 7.90. The lowest BCUT2D eigenvalue weighted by molar-refractivity contribution is -0.167. The summed E-state index contributed by atoms with van der Waals surface area (Å²) in [5.41, 5.74) is 0. The van der Waals surface area contributed by atoms with Gasteiger partial charge in [0.2, 0.25) is 0 Å². The van der Waals surface area contributed by atoms with Gasteiger partial charge in [0.25, 0.3) is 0 Å². The van der Waals surface area contributed by atoms with Crippen molar-refractivity contribution in [3.63, 3.8) is 0 Å². The van der Waals surface area contributed by atoms with Crippen LogP contribution in [0.4, 0.5) is 0 Å². The molecule has 0 amide bonds. The molecular formula is C61H106O6. The molecule has 6 heteroatoms. The summed E-state index contributed by atoms with van der Waals surface area (Å²) >= 11 is 0. The second-order valence-electron chi connectivity index (χ2n) is 18.8. The molecule has 0 N–H and O–H groups in total. The van der Waals surface area contributed by atoms with Crippen molar-refractivity contribution in [2.75, 3.05) is 13.2 Å². The lowest BCUT2D eigenvalue weighted by Crippen LogP contribution is -2.30. The third kappa shape index (κ3) is 53.7. The van der Waals surface area contributed by atoms with Crippen LogP contribution in [0.2, 0.25) is 0 Å². The highest BCUT2D eigenvalue weighted by Crippen LogP contribution is 2.15. The number of rotatable bonds is 51. The summed E-state index contributed by atoms with van der Waals surface area (Å²) in [6.45, 7) is 6.46. The number of hydrogen-bond acceptors (Lipinski definition) is 6. The van der Waals surface area contributed by atoms with Crippen LogP contribution in [-0.4, -0.2) is 37.2 Å². The van der Waals surface area contributed by atoms with Crippen LogP contribution >= 0.6 is 0 Å². The van der Waals surface area contributed by atoms with Crippen LogP contribution in [0, 0.1) is 0 Å². The minimum absolute atomic E-state index is 0.0835. The Bertz CT molecular complexity index is 1260. The van der Waals surface area contributed by atoms with E-state index < -0.39 is 6.10 Å². The van der Waals surface area contributed by atoms with Crippen molar-refractivity contribution in [3.05, 3.63) is 72.9 Å². The fraction of sp³-hybridized carbons (Fsp3) is 0.754. The van der Waals surface area contributed by atoms with Crippen LogP contribution in [0.5, 0.6) is 0 Å². The third-order valence-corrected chi connectivity index (χ3v) is 12.1. The molecule has 0 aromatic heterocycles. The van der Waals surface area contributed by atoms with E-state index >= 15 is 0 Å². The largest absolute Gasteiger partial charge is 0.462 e. The van der Waals surface area contributed by atoms with Crippen molar-refractivity contribution in [2.45, 2.75) is 284 Å². The van der Waals surface area contributed by atoms with Crippen molar-refractivity contribution in [2.24, 2.45) is 0 Å². The molecule has 0 aromatic rings. The lowest BCUT2D eigenvalue weighted by atomic mass is 10.1. The van der Waals surface area contributed by atoms with Crippen LogP contribution < -0.4 is 0 Å². The average Bonchev–Trinajstić information content (AvgIpc) is 3.33. The van der Waals surface area contributed by atoms with E-state index in [9.17, 15) is 14.4 Å². The van der Waals surface area contributed by atoms with Crippen molar-refractivity contribution < 1.29 is 28.6 Å². The second kappa shape index (κ2) is 55.4. The second-order valence-corrected chi connectivity index (χ2v) is 18.8. The molecule has 0 aliphatic rings. The number of carbonyl (C=O) groups excluding carboxylic acids is 3. The predicted octanol–water partition coefficient (Wildman–Crippen LogP) is 19.0. The Balaban J connectivity index is 4.32. The van der Waals surface area contributed by atoms with Gasteiger partial charge in [0, 0.05) is 19.3 Å². The summed E-state index contributed by atoms with van der Waals surface area (Å²) in [5.74, 6) is -0.900. The van der Waals surface area contributed by atoms with Gasteiger partial charge in [0.05, 0.1) is 0 Å². The molecule has 6 nitrogen and oxygen atoms in total. The van der Waals surface area contributed by atoms with E-state index in [0.717, 1.165) is 103 Å². The van der Waals surface area contributed by atoms with Gasteiger partial charge < -0.3 is 14.2 Å². The van der Waals surface area contributed by atoms with E-state index in [1.165, 1.54) is 135 Å². The number of carbonyl (C=O) groups is 3. The smallest absolute Gasteiger partial charge is 0.306 e. The Morgan fingerprint density at radius 2 is 0.612 bits per heavy atom. The van der Waals surface area contributed by atoms with Gasteiger partial charge in [0.15, 0.2) is 6.10 Å². The first-order valence-corrected chi connectivity index (χ1v) is 28.4. The van der Waals surface area contributed by atoms with E-state index in [2.05, 4.69) is 93.7 Å². The van der Waals surface area contributed by atoms with E-state index in [4.69, 9.17) is 14.2 Å². The molecule has 386 valence electrons. The van der Waals surface area contributed by atoms with Gasteiger partial charge in [-0.3, -0.25) is 14.4 Å². The van der Waals surface area contributed by atoms with Crippen LogP contribution in [0.3, 0.4) is 0 Å². The molecule has 0 bridgehead atoms. The Kier molecular flexibility index (Phi) is 52.8. The van der Waals surface area contributed by atoms with Crippen LogP contribution in [0.25, 0.3) is 0 Å². The zero-order chi connectivity index (χ0) is 48.6. The zero-order valence-corrected chi connectivity index (χ0v) is 44.2. The monoisotopic (exact) mass is 935 g/mol. The number of esters is 3. The molecule has 0 radical (unpaired) electrons. The molecule has 0 fully saturated rings. The minimum Gasteiger partial charge on any atom is -0.462 e. The SMILES string of the molecule is CC/C=C\C/C=C\C/C=C\C/C=C\CCCCCCCCCCC(=O)OCC(COC(=O)CCCCCCC/C=C\CCC)OC(=O)CCCCCCCCC/C=C\CCCCCCCCC. The van der Waals surface area contributed by atoms with E-state index in [0.29, 0.717) is 19.3 Å². The molecule has 0 aliphatic carbocycles. The first-order valence-electron chi connectivity index (χ1n) is 28.4. The maximum atomic E-state index is 12.8. The molecule has 0 aliphatic heterocycles. The van der Waals surface area contributed by atoms with Crippen LogP contribution in [-0.2, 0) is 28.6 Å². The maximum absolute atomic E-state index is 12.8. The summed E-state index contributed by atoms with van der Waals surface area (Å²) in [5, 5.41) is 0. The quantitative estimate of drug-likeness (QED) is 0.0262. The van der Waals surface area contributed by atoms with E-state index in [1.807, 2.05) is 0 Å². The first-order chi connectivity index (χ1) is 33.0. The Morgan fingerprint density at radius 3 is 0.985 bits per heavy atom. The van der Waals surface area contributed by atoms with Crippen molar-refractivity contribution in [1.82, 2.24) is 0 Å². The minimum atomic E-state index is -0.784. The molecule has 0 aromatic carbocycles. The molecule has 0 heterocycles. The van der Waals surface area contributed by atoms with E-state index in [-0.39, 0.29) is 31.1 Å². The molecule has 67 heavy (non-hydrogen) atoms. The molecule has 0 saturated carbocycles. The van der Waals surface area contributed by atoms with Crippen molar-refractivity contribution in [3.8, 4) is 0 Å². The fourth-order valence-electron chi connectivity index (χ4n) is 7.90. The van der Waals surface area contributed by atoms with Gasteiger partial charge in [-0.15, -0.1) is 0 Å². The maximum Gasteiger partial charge on any atom is 0.306 e. The summed E-state index contributed by atoms with van der Waals surface area (Å²) in [6, 6.07) is 0. The zero-order valence-electron chi connectivity index (χ0n) is 44.2. The first kappa shape index (κ1) is 63.8. The van der Waals surface area contributed by atoms with Crippen LogP contribution in [0.15, 0.2) is 72.9 Å². The molecule has 0 rings (SSSR count). The van der Waals surface area contributed by atoms with Crippen molar-refractivity contribution in [1.29, 1.82) is 0 Å². The summed E-state index contributed by atoms with van der Waals surface area (Å²) in [6.07, 6.45) is 70.4. The Morgan fingerprint density at radius 1 is 0.313 bits per heavy atom. The van der Waals surface area contributed by atoms with E-state index in [1.54, 1.807) is 0 Å². The van der Waals surface area contributed by atoms with Gasteiger partial charge in [-0.25, -0.2) is 0 Å².